The van der Waals surface area contributed by atoms with Crippen LogP contribution < -0.4 is 16.0 Å². The summed E-state index contributed by atoms with van der Waals surface area (Å²) < 4.78 is 0. The summed E-state index contributed by atoms with van der Waals surface area (Å²) in [5.41, 5.74) is 8.36. The van der Waals surface area contributed by atoms with Gasteiger partial charge in [0.1, 0.15) is 5.82 Å². The van der Waals surface area contributed by atoms with Gasteiger partial charge in [-0.15, -0.1) is 24.8 Å². The first kappa shape index (κ1) is 21.1. The molecule has 7 heteroatoms. The van der Waals surface area contributed by atoms with Gasteiger partial charge in [-0.25, -0.2) is 4.98 Å². The third-order valence-corrected chi connectivity index (χ3v) is 4.14. The van der Waals surface area contributed by atoms with Crippen molar-refractivity contribution >= 4 is 47.9 Å². The van der Waals surface area contributed by atoms with E-state index in [1.165, 1.54) is 12.8 Å². The molecule has 0 spiro atoms. The lowest BCUT2D eigenvalue weighted by molar-refractivity contribution is -0.116. The molecule has 1 amide bonds. The van der Waals surface area contributed by atoms with E-state index in [0.29, 0.717) is 12.8 Å². The summed E-state index contributed by atoms with van der Waals surface area (Å²) >= 11 is 0. The van der Waals surface area contributed by atoms with Crippen LogP contribution in [0.2, 0.25) is 0 Å². The Balaban J connectivity index is 0.00000156. The van der Waals surface area contributed by atoms with E-state index in [9.17, 15) is 4.79 Å². The third-order valence-electron chi connectivity index (χ3n) is 4.14. The Bertz CT molecular complexity index is 673. The number of hydrogen-bond donors (Lipinski definition) is 2. The summed E-state index contributed by atoms with van der Waals surface area (Å²) in [5.74, 6) is 0.960. The van der Waals surface area contributed by atoms with Crippen LogP contribution in [-0.2, 0) is 11.2 Å². The highest BCUT2D eigenvalue weighted by molar-refractivity contribution is 5.90. The second-order valence-electron chi connectivity index (χ2n) is 5.85. The Labute approximate surface area is 160 Å². The summed E-state index contributed by atoms with van der Waals surface area (Å²) in [4.78, 5) is 18.8. The number of nitrogens with one attached hydrogen (secondary N) is 1. The van der Waals surface area contributed by atoms with E-state index < -0.39 is 0 Å². The number of para-hydroxylation sites is 1. The molecule has 2 aromatic rings. The van der Waals surface area contributed by atoms with Gasteiger partial charge in [-0.3, -0.25) is 4.79 Å². The van der Waals surface area contributed by atoms with Crippen molar-refractivity contribution in [1.29, 1.82) is 0 Å². The SMILES string of the molecule is Cl.Cl.Nc1ccccc1CCC(=O)Nc1ccc(N2CCCC2)nc1. The van der Waals surface area contributed by atoms with E-state index in [1.54, 1.807) is 6.20 Å². The number of nitrogens with two attached hydrogens (primary N) is 1. The van der Waals surface area contributed by atoms with Crippen molar-refractivity contribution in [2.45, 2.75) is 25.7 Å². The molecule has 0 unspecified atom stereocenters. The number of carbonyl (C=O) groups excluding carboxylic acids is 1. The molecule has 1 aliphatic rings. The van der Waals surface area contributed by atoms with Gasteiger partial charge in [-0.2, -0.15) is 0 Å². The van der Waals surface area contributed by atoms with Crippen LogP contribution >= 0.6 is 24.8 Å². The van der Waals surface area contributed by atoms with Gasteiger partial charge in [-0.05, 0) is 43.0 Å². The fraction of sp³-hybridized carbons (Fsp3) is 0.333. The average Bonchev–Trinajstić information content (AvgIpc) is 3.09. The lowest BCUT2D eigenvalue weighted by Gasteiger charge is -2.16. The van der Waals surface area contributed by atoms with Gasteiger partial charge in [-0.1, -0.05) is 18.2 Å². The van der Waals surface area contributed by atoms with E-state index in [4.69, 9.17) is 5.73 Å². The summed E-state index contributed by atoms with van der Waals surface area (Å²) in [6.07, 6.45) is 5.22. The van der Waals surface area contributed by atoms with Gasteiger partial charge in [0.25, 0.3) is 0 Å². The van der Waals surface area contributed by atoms with Crippen molar-refractivity contribution in [2.75, 3.05) is 29.0 Å². The zero-order chi connectivity index (χ0) is 16.1. The van der Waals surface area contributed by atoms with E-state index in [0.717, 1.165) is 35.8 Å². The number of pyridine rings is 1. The van der Waals surface area contributed by atoms with Gasteiger partial charge >= 0.3 is 0 Å². The number of nitrogen functional groups attached to an aromatic ring is 1. The molecule has 3 rings (SSSR count). The van der Waals surface area contributed by atoms with Crippen LogP contribution in [0.1, 0.15) is 24.8 Å². The maximum absolute atomic E-state index is 12.0. The predicted molar refractivity (Wildman–Crippen MR) is 108 cm³/mol. The molecule has 0 bridgehead atoms. The summed E-state index contributed by atoms with van der Waals surface area (Å²) in [5, 5.41) is 2.89. The highest BCUT2D eigenvalue weighted by Gasteiger charge is 2.13. The molecule has 2 heterocycles. The number of halogens is 2. The van der Waals surface area contributed by atoms with Crippen LogP contribution in [0.5, 0.6) is 0 Å². The Morgan fingerprint density at radius 3 is 2.48 bits per heavy atom. The molecule has 136 valence electrons. The van der Waals surface area contributed by atoms with Crippen molar-refractivity contribution < 1.29 is 4.79 Å². The third kappa shape index (κ3) is 5.80. The molecule has 25 heavy (non-hydrogen) atoms. The molecule has 5 nitrogen and oxygen atoms in total. The normalized spacial score (nSPS) is 12.9. The number of carbonyl (C=O) groups is 1. The zero-order valence-corrected chi connectivity index (χ0v) is 15.6. The van der Waals surface area contributed by atoms with E-state index >= 15 is 0 Å². The van der Waals surface area contributed by atoms with Crippen molar-refractivity contribution in [3.8, 4) is 0 Å². The molecule has 3 N–H and O–H groups in total. The Morgan fingerprint density at radius 2 is 1.84 bits per heavy atom. The monoisotopic (exact) mass is 382 g/mol. The Morgan fingerprint density at radius 1 is 1.12 bits per heavy atom. The Kier molecular flexibility index (Phi) is 8.52. The van der Waals surface area contributed by atoms with Crippen LogP contribution in [0.15, 0.2) is 42.6 Å². The van der Waals surface area contributed by atoms with Gasteiger partial charge in [0.2, 0.25) is 5.91 Å². The number of aryl methyl sites for hydroxylation is 1. The molecule has 1 saturated heterocycles. The molecule has 0 radical (unpaired) electrons. The largest absolute Gasteiger partial charge is 0.399 e. The lowest BCUT2D eigenvalue weighted by atomic mass is 10.1. The zero-order valence-electron chi connectivity index (χ0n) is 14.0. The molecule has 0 saturated carbocycles. The van der Waals surface area contributed by atoms with E-state index in [2.05, 4.69) is 15.2 Å². The number of hydrogen-bond acceptors (Lipinski definition) is 4. The number of nitrogens with zero attached hydrogens (tertiary/aromatic N) is 2. The minimum absolute atomic E-state index is 0. The highest BCUT2D eigenvalue weighted by Crippen LogP contribution is 2.19. The summed E-state index contributed by atoms with van der Waals surface area (Å²) in [7, 11) is 0. The predicted octanol–water partition coefficient (Wildman–Crippen LogP) is 3.68. The van der Waals surface area contributed by atoms with E-state index in [-0.39, 0.29) is 30.7 Å². The molecule has 1 fully saturated rings. The lowest BCUT2D eigenvalue weighted by Crippen LogP contribution is -2.19. The van der Waals surface area contributed by atoms with Gasteiger partial charge in [0.05, 0.1) is 11.9 Å². The second kappa shape index (κ2) is 10.1. The van der Waals surface area contributed by atoms with Crippen LogP contribution in [-0.4, -0.2) is 24.0 Å². The molecule has 0 aliphatic carbocycles. The molecule has 1 aromatic heterocycles. The van der Waals surface area contributed by atoms with Crippen LogP contribution in [0.3, 0.4) is 0 Å². The number of aromatic nitrogens is 1. The average molecular weight is 383 g/mol. The number of amides is 1. The second-order valence-corrected chi connectivity index (χ2v) is 5.85. The first-order valence-corrected chi connectivity index (χ1v) is 8.06. The maximum atomic E-state index is 12.0. The minimum Gasteiger partial charge on any atom is -0.399 e. The van der Waals surface area contributed by atoms with Crippen molar-refractivity contribution in [1.82, 2.24) is 4.98 Å². The first-order chi connectivity index (χ1) is 11.2. The molecular formula is C18H24Cl2N4O. The fourth-order valence-corrected chi connectivity index (χ4v) is 2.83. The topological polar surface area (TPSA) is 71.2 Å². The van der Waals surface area contributed by atoms with Gasteiger partial charge < -0.3 is 16.0 Å². The minimum atomic E-state index is -0.0241. The highest BCUT2D eigenvalue weighted by atomic mass is 35.5. The van der Waals surface area contributed by atoms with Crippen molar-refractivity contribution in [3.05, 3.63) is 48.2 Å². The number of rotatable bonds is 5. The van der Waals surface area contributed by atoms with Crippen LogP contribution in [0, 0.1) is 0 Å². The molecular weight excluding hydrogens is 359 g/mol. The van der Waals surface area contributed by atoms with Gasteiger partial charge in [0.15, 0.2) is 0 Å². The maximum Gasteiger partial charge on any atom is 0.224 e. The molecule has 0 atom stereocenters. The number of anilines is 3. The van der Waals surface area contributed by atoms with Crippen LogP contribution in [0.25, 0.3) is 0 Å². The summed E-state index contributed by atoms with van der Waals surface area (Å²) in [6, 6.07) is 11.5. The number of benzene rings is 1. The fourth-order valence-electron chi connectivity index (χ4n) is 2.83. The van der Waals surface area contributed by atoms with Crippen molar-refractivity contribution in [2.24, 2.45) is 0 Å². The van der Waals surface area contributed by atoms with E-state index in [1.807, 2.05) is 36.4 Å². The summed E-state index contributed by atoms with van der Waals surface area (Å²) in [6.45, 7) is 2.13. The quantitative estimate of drug-likeness (QED) is 0.773. The molecule has 1 aromatic carbocycles. The van der Waals surface area contributed by atoms with Crippen molar-refractivity contribution in [3.63, 3.8) is 0 Å². The Hall–Kier alpha value is -1.98. The van der Waals surface area contributed by atoms with Crippen LogP contribution in [0.4, 0.5) is 17.2 Å². The first-order valence-electron chi connectivity index (χ1n) is 8.06. The molecule has 1 aliphatic heterocycles. The standard InChI is InChI=1S/C18H22N4O.2ClH/c19-16-6-2-1-5-14(16)7-10-18(23)21-15-8-9-17(20-13-15)22-11-3-4-12-22;;/h1-2,5-6,8-9,13H,3-4,7,10-12,19H2,(H,21,23);2*1H. The smallest absolute Gasteiger partial charge is 0.224 e. The van der Waals surface area contributed by atoms with Gasteiger partial charge in [0, 0.05) is 25.2 Å².